The molecule has 128 valence electrons. The second kappa shape index (κ2) is 5.65. The first-order valence-corrected chi connectivity index (χ1v) is 9.24. The minimum Gasteiger partial charge on any atom is -0.339 e. The minimum atomic E-state index is 0.408. The lowest BCUT2D eigenvalue weighted by Crippen LogP contribution is -2.33. The third kappa shape index (κ3) is 2.75. The molecule has 24 heavy (non-hydrogen) atoms. The van der Waals surface area contributed by atoms with Crippen LogP contribution in [-0.2, 0) is 6.54 Å². The molecule has 1 aliphatic heterocycles. The maximum absolute atomic E-state index is 5.35. The molecule has 1 saturated heterocycles. The first kappa shape index (κ1) is 14.6. The fourth-order valence-corrected chi connectivity index (χ4v) is 3.81. The second-order valence-corrected chi connectivity index (χ2v) is 7.58. The third-order valence-corrected chi connectivity index (χ3v) is 5.49. The summed E-state index contributed by atoms with van der Waals surface area (Å²) in [7, 11) is 0. The van der Waals surface area contributed by atoms with Crippen molar-refractivity contribution in [2.45, 2.75) is 69.9 Å². The van der Waals surface area contributed by atoms with Crippen molar-refractivity contribution in [3.8, 4) is 0 Å². The normalized spacial score (nSPS) is 23.0. The summed E-state index contributed by atoms with van der Waals surface area (Å²) < 4.78 is 7.81. The fraction of sp³-hybridized carbons (Fsp3) is 0.765. The SMILES string of the molecule is Cc1noc(C2CCN(Cc3nnc(C4CC4)n3C3CC3)CC2)n1. The monoisotopic (exact) mass is 328 g/mol. The van der Waals surface area contributed by atoms with Crippen molar-refractivity contribution in [3.05, 3.63) is 23.4 Å². The van der Waals surface area contributed by atoms with E-state index >= 15 is 0 Å². The maximum atomic E-state index is 5.35. The van der Waals surface area contributed by atoms with Crippen molar-refractivity contribution < 1.29 is 4.52 Å². The number of hydrogen-bond acceptors (Lipinski definition) is 6. The van der Waals surface area contributed by atoms with Crippen LogP contribution in [0.25, 0.3) is 0 Å². The van der Waals surface area contributed by atoms with Gasteiger partial charge in [-0.05, 0) is 58.5 Å². The predicted molar refractivity (Wildman–Crippen MR) is 86.6 cm³/mol. The molecule has 0 aromatic carbocycles. The topological polar surface area (TPSA) is 72.9 Å². The van der Waals surface area contributed by atoms with Gasteiger partial charge in [-0.15, -0.1) is 10.2 Å². The van der Waals surface area contributed by atoms with E-state index in [2.05, 4.69) is 29.8 Å². The van der Waals surface area contributed by atoms with Gasteiger partial charge >= 0.3 is 0 Å². The van der Waals surface area contributed by atoms with Crippen molar-refractivity contribution >= 4 is 0 Å². The van der Waals surface area contributed by atoms with Gasteiger partial charge in [0, 0.05) is 17.9 Å². The molecule has 7 nitrogen and oxygen atoms in total. The molecular formula is C17H24N6O. The van der Waals surface area contributed by atoms with Crippen LogP contribution in [0.5, 0.6) is 0 Å². The molecule has 0 amide bonds. The van der Waals surface area contributed by atoms with Crippen LogP contribution in [-0.4, -0.2) is 42.9 Å². The molecule has 0 bridgehead atoms. The highest BCUT2D eigenvalue weighted by molar-refractivity contribution is 5.12. The highest BCUT2D eigenvalue weighted by Crippen LogP contribution is 2.44. The van der Waals surface area contributed by atoms with Crippen LogP contribution in [0.4, 0.5) is 0 Å². The van der Waals surface area contributed by atoms with Gasteiger partial charge in [-0.2, -0.15) is 4.98 Å². The summed E-state index contributed by atoms with van der Waals surface area (Å²) in [5.74, 6) is 5.06. The van der Waals surface area contributed by atoms with Crippen molar-refractivity contribution in [2.75, 3.05) is 13.1 Å². The highest BCUT2D eigenvalue weighted by atomic mass is 16.5. The van der Waals surface area contributed by atoms with Gasteiger partial charge in [-0.25, -0.2) is 0 Å². The van der Waals surface area contributed by atoms with Gasteiger partial charge in [-0.3, -0.25) is 4.90 Å². The molecule has 3 aliphatic rings. The summed E-state index contributed by atoms with van der Waals surface area (Å²) >= 11 is 0. The molecule has 0 unspecified atom stereocenters. The Morgan fingerprint density at radius 2 is 1.79 bits per heavy atom. The van der Waals surface area contributed by atoms with Crippen LogP contribution >= 0.6 is 0 Å². The molecule has 2 aromatic rings. The van der Waals surface area contributed by atoms with Crippen LogP contribution in [0, 0.1) is 6.92 Å². The summed E-state index contributed by atoms with van der Waals surface area (Å²) in [6.45, 7) is 4.92. The summed E-state index contributed by atoms with van der Waals surface area (Å²) in [4.78, 5) is 6.90. The van der Waals surface area contributed by atoms with Gasteiger partial charge in [0.25, 0.3) is 0 Å². The number of likely N-dealkylation sites (tertiary alicyclic amines) is 1. The molecule has 2 saturated carbocycles. The zero-order chi connectivity index (χ0) is 16.1. The van der Waals surface area contributed by atoms with Crippen molar-refractivity contribution in [2.24, 2.45) is 0 Å². The van der Waals surface area contributed by atoms with E-state index in [-0.39, 0.29) is 0 Å². The van der Waals surface area contributed by atoms with Crippen LogP contribution in [0.15, 0.2) is 4.52 Å². The molecule has 7 heteroatoms. The van der Waals surface area contributed by atoms with Crippen molar-refractivity contribution in [1.82, 2.24) is 29.8 Å². The lowest BCUT2D eigenvalue weighted by molar-refractivity contribution is 0.182. The van der Waals surface area contributed by atoms with Gasteiger partial charge in [0.05, 0.1) is 6.54 Å². The molecule has 0 radical (unpaired) electrons. The van der Waals surface area contributed by atoms with Crippen molar-refractivity contribution in [3.63, 3.8) is 0 Å². The first-order valence-electron chi connectivity index (χ1n) is 9.24. The Kier molecular flexibility index (Phi) is 3.43. The zero-order valence-corrected chi connectivity index (χ0v) is 14.2. The Hall–Kier alpha value is -1.76. The number of aryl methyl sites for hydroxylation is 1. The van der Waals surface area contributed by atoms with E-state index in [1.54, 1.807) is 0 Å². The van der Waals surface area contributed by atoms with Gasteiger partial charge < -0.3 is 9.09 Å². The molecule has 2 aliphatic carbocycles. The van der Waals surface area contributed by atoms with Crippen LogP contribution in [0.3, 0.4) is 0 Å². The number of rotatable bonds is 5. The molecule has 5 rings (SSSR count). The largest absolute Gasteiger partial charge is 0.339 e. The summed E-state index contributed by atoms with van der Waals surface area (Å²) in [5, 5.41) is 13.0. The molecule has 3 fully saturated rings. The number of nitrogens with zero attached hydrogens (tertiary/aromatic N) is 6. The van der Waals surface area contributed by atoms with E-state index in [0.717, 1.165) is 44.2 Å². The quantitative estimate of drug-likeness (QED) is 0.840. The number of aromatic nitrogens is 5. The second-order valence-electron chi connectivity index (χ2n) is 7.58. The van der Waals surface area contributed by atoms with E-state index in [4.69, 9.17) is 4.52 Å². The minimum absolute atomic E-state index is 0.408. The van der Waals surface area contributed by atoms with E-state index in [9.17, 15) is 0 Å². The Morgan fingerprint density at radius 1 is 1.00 bits per heavy atom. The maximum Gasteiger partial charge on any atom is 0.229 e. The molecular weight excluding hydrogens is 304 g/mol. The first-order chi connectivity index (χ1) is 11.8. The third-order valence-electron chi connectivity index (χ3n) is 5.49. The van der Waals surface area contributed by atoms with Gasteiger partial charge in [-0.1, -0.05) is 5.16 Å². The highest BCUT2D eigenvalue weighted by Gasteiger charge is 2.36. The van der Waals surface area contributed by atoms with E-state index < -0.39 is 0 Å². The molecule has 3 heterocycles. The average Bonchev–Trinajstić information content (AvgIpc) is 3.52. The Labute approximate surface area is 141 Å². The molecule has 0 atom stereocenters. The van der Waals surface area contributed by atoms with Crippen LogP contribution in [0.2, 0.25) is 0 Å². The smallest absolute Gasteiger partial charge is 0.229 e. The van der Waals surface area contributed by atoms with E-state index in [0.29, 0.717) is 17.9 Å². The molecule has 0 spiro atoms. The molecule has 0 N–H and O–H groups in total. The van der Waals surface area contributed by atoms with Crippen molar-refractivity contribution in [1.29, 1.82) is 0 Å². The standard InChI is InChI=1S/C17H24N6O/c1-11-18-17(24-21-11)13-6-8-22(9-7-13)10-15-19-20-16(12-2-3-12)23(15)14-4-5-14/h12-14H,2-10H2,1H3. The predicted octanol–water partition coefficient (Wildman–Crippen LogP) is 2.56. The Balaban J connectivity index is 1.25. The summed E-state index contributed by atoms with van der Waals surface area (Å²) in [6, 6.07) is 0.671. The number of hydrogen-bond donors (Lipinski definition) is 0. The summed E-state index contributed by atoms with van der Waals surface area (Å²) in [6.07, 6.45) is 7.33. The fourth-order valence-electron chi connectivity index (χ4n) is 3.81. The van der Waals surface area contributed by atoms with Crippen LogP contribution in [0.1, 0.15) is 79.8 Å². The lowest BCUT2D eigenvalue weighted by atomic mass is 9.97. The van der Waals surface area contributed by atoms with E-state index in [1.165, 1.54) is 37.3 Å². The Bertz CT molecular complexity index is 721. The van der Waals surface area contributed by atoms with Crippen LogP contribution < -0.4 is 0 Å². The van der Waals surface area contributed by atoms with E-state index in [1.807, 2.05) is 6.92 Å². The average molecular weight is 328 g/mol. The Morgan fingerprint density at radius 3 is 2.42 bits per heavy atom. The molecule has 2 aromatic heterocycles. The van der Waals surface area contributed by atoms with Gasteiger partial charge in [0.1, 0.15) is 11.6 Å². The summed E-state index contributed by atoms with van der Waals surface area (Å²) in [5.41, 5.74) is 0. The van der Waals surface area contributed by atoms with Gasteiger partial charge in [0.15, 0.2) is 5.82 Å². The number of piperidine rings is 1. The lowest BCUT2D eigenvalue weighted by Gasteiger charge is -2.30. The zero-order valence-electron chi connectivity index (χ0n) is 14.2. The van der Waals surface area contributed by atoms with Gasteiger partial charge in [0.2, 0.25) is 5.89 Å².